The molecule has 6 nitrogen and oxygen atoms in total. The number of aromatic nitrogens is 2. The van der Waals surface area contributed by atoms with Crippen molar-refractivity contribution in [2.24, 2.45) is 5.73 Å². The molecule has 7 heteroatoms. The first-order chi connectivity index (χ1) is 14.1. The molecule has 0 aliphatic carbocycles. The summed E-state index contributed by atoms with van der Waals surface area (Å²) in [4.78, 5) is 23.1. The number of hydrogen-bond acceptors (Lipinski definition) is 5. The maximum atomic E-state index is 12.7. The van der Waals surface area contributed by atoms with Gasteiger partial charge in [0, 0.05) is 31.0 Å². The van der Waals surface area contributed by atoms with Crippen LogP contribution in [-0.4, -0.2) is 46.0 Å². The zero-order valence-electron chi connectivity index (χ0n) is 16.0. The maximum absolute atomic E-state index is 12.7. The van der Waals surface area contributed by atoms with E-state index in [1.807, 2.05) is 53.4 Å². The summed E-state index contributed by atoms with van der Waals surface area (Å²) in [6.07, 6.45) is 3.53. The van der Waals surface area contributed by atoms with Gasteiger partial charge in [-0.15, -0.1) is 0 Å². The number of fused-ring (bicyclic) bond motifs is 1. The predicted molar refractivity (Wildman–Crippen MR) is 113 cm³/mol. The Kier molecular flexibility index (Phi) is 5.92. The van der Waals surface area contributed by atoms with Crippen LogP contribution < -0.4 is 10.5 Å². The number of nitrogens with zero attached hydrogens (tertiary/aromatic N) is 3. The number of likely N-dealkylation sites (tertiary alicyclic amines) is 1. The minimum absolute atomic E-state index is 0.0184. The van der Waals surface area contributed by atoms with E-state index in [1.165, 1.54) is 6.33 Å². The third-order valence-corrected chi connectivity index (χ3v) is 5.48. The Morgan fingerprint density at radius 2 is 1.86 bits per heavy atom. The molecule has 1 saturated heterocycles. The van der Waals surface area contributed by atoms with E-state index in [9.17, 15) is 4.79 Å². The summed E-state index contributed by atoms with van der Waals surface area (Å²) in [6.45, 7) is 1.25. The molecule has 4 rings (SSSR count). The van der Waals surface area contributed by atoms with Crippen LogP contribution in [0.1, 0.15) is 18.4 Å². The predicted octanol–water partition coefficient (Wildman–Crippen LogP) is 3.22. The summed E-state index contributed by atoms with van der Waals surface area (Å²) in [5, 5.41) is 1.57. The Labute approximate surface area is 174 Å². The third-order valence-electron chi connectivity index (χ3n) is 5.22. The Morgan fingerprint density at radius 3 is 2.62 bits per heavy atom. The largest absolute Gasteiger partial charge is 0.474 e. The third kappa shape index (κ3) is 4.66. The van der Waals surface area contributed by atoms with Crippen LogP contribution in [0.25, 0.3) is 10.9 Å². The first kappa shape index (κ1) is 19.6. The van der Waals surface area contributed by atoms with Crippen LogP contribution in [0.2, 0.25) is 5.02 Å². The van der Waals surface area contributed by atoms with Gasteiger partial charge in [0.15, 0.2) is 0 Å². The lowest BCUT2D eigenvalue weighted by Crippen LogP contribution is -2.49. The number of hydrogen-bond donors (Lipinski definition) is 1. The number of carbonyl (C=O) groups is 1. The number of nitrogens with two attached hydrogens (primary N) is 1. The quantitative estimate of drug-likeness (QED) is 0.698. The van der Waals surface area contributed by atoms with Crippen LogP contribution in [-0.2, 0) is 11.2 Å². The summed E-state index contributed by atoms with van der Waals surface area (Å²) < 4.78 is 6.13. The van der Waals surface area contributed by atoms with Gasteiger partial charge in [0.25, 0.3) is 0 Å². The molecule has 1 fully saturated rings. The lowest BCUT2D eigenvalue weighted by atomic mass is 10.0. The van der Waals surface area contributed by atoms with E-state index in [-0.39, 0.29) is 12.0 Å². The molecule has 0 spiro atoms. The molecule has 150 valence electrons. The highest BCUT2D eigenvalue weighted by molar-refractivity contribution is 6.30. The van der Waals surface area contributed by atoms with E-state index in [4.69, 9.17) is 22.1 Å². The van der Waals surface area contributed by atoms with E-state index >= 15 is 0 Å². The SMILES string of the molecule is NC(Cc1ccc(Cl)cc1)C(=O)N1CCC(Oc2ncnc3ccccc23)CC1. The van der Waals surface area contributed by atoms with Crippen molar-refractivity contribution in [2.75, 3.05) is 13.1 Å². The molecule has 1 amide bonds. The van der Waals surface area contributed by atoms with Gasteiger partial charge in [-0.25, -0.2) is 9.97 Å². The second-order valence-electron chi connectivity index (χ2n) is 7.28. The van der Waals surface area contributed by atoms with E-state index in [1.54, 1.807) is 0 Å². The van der Waals surface area contributed by atoms with Crippen LogP contribution >= 0.6 is 11.6 Å². The number of piperidine rings is 1. The standard InChI is InChI=1S/C22H23ClN4O2/c23-16-7-5-15(6-8-16)13-19(24)22(28)27-11-9-17(10-12-27)29-21-18-3-1-2-4-20(18)25-14-26-21/h1-8,14,17,19H,9-13,24H2. The van der Waals surface area contributed by atoms with Crippen molar-refractivity contribution in [1.29, 1.82) is 0 Å². The first-order valence-corrected chi connectivity index (χ1v) is 10.1. The summed E-state index contributed by atoms with van der Waals surface area (Å²) in [5.41, 5.74) is 8.03. The normalized spacial score (nSPS) is 16.0. The van der Waals surface area contributed by atoms with Crippen LogP contribution in [0.5, 0.6) is 5.88 Å². The summed E-state index contributed by atoms with van der Waals surface area (Å²) in [6, 6.07) is 14.7. The number of benzene rings is 2. The van der Waals surface area contributed by atoms with Crippen molar-refractivity contribution < 1.29 is 9.53 Å². The van der Waals surface area contributed by atoms with Crippen LogP contribution in [0.3, 0.4) is 0 Å². The molecule has 1 unspecified atom stereocenters. The van der Waals surface area contributed by atoms with Gasteiger partial charge >= 0.3 is 0 Å². The number of halogens is 1. The average Bonchev–Trinajstić information content (AvgIpc) is 2.75. The van der Waals surface area contributed by atoms with Crippen molar-refractivity contribution in [3.63, 3.8) is 0 Å². The summed E-state index contributed by atoms with van der Waals surface area (Å²) >= 11 is 5.91. The van der Waals surface area contributed by atoms with Crippen LogP contribution in [0.4, 0.5) is 0 Å². The Hall–Kier alpha value is -2.70. The van der Waals surface area contributed by atoms with Gasteiger partial charge in [0.1, 0.15) is 12.4 Å². The lowest BCUT2D eigenvalue weighted by Gasteiger charge is -2.33. The van der Waals surface area contributed by atoms with Crippen molar-refractivity contribution in [3.05, 3.63) is 65.4 Å². The van der Waals surface area contributed by atoms with Crippen molar-refractivity contribution in [3.8, 4) is 5.88 Å². The second-order valence-corrected chi connectivity index (χ2v) is 7.71. The minimum atomic E-state index is -0.556. The Morgan fingerprint density at radius 1 is 1.14 bits per heavy atom. The highest BCUT2D eigenvalue weighted by atomic mass is 35.5. The first-order valence-electron chi connectivity index (χ1n) is 9.75. The molecule has 1 aliphatic heterocycles. The molecular formula is C22H23ClN4O2. The highest BCUT2D eigenvalue weighted by Crippen LogP contribution is 2.24. The van der Waals surface area contributed by atoms with Crippen LogP contribution in [0.15, 0.2) is 54.9 Å². The van der Waals surface area contributed by atoms with Gasteiger partial charge in [-0.1, -0.05) is 35.9 Å². The molecule has 2 heterocycles. The van der Waals surface area contributed by atoms with E-state index in [0.717, 1.165) is 29.3 Å². The molecule has 1 aliphatic rings. The molecule has 29 heavy (non-hydrogen) atoms. The van der Waals surface area contributed by atoms with E-state index in [0.29, 0.717) is 30.4 Å². The molecule has 0 radical (unpaired) electrons. The second kappa shape index (κ2) is 8.76. The topological polar surface area (TPSA) is 81.3 Å². The summed E-state index contributed by atoms with van der Waals surface area (Å²) in [5.74, 6) is 0.575. The van der Waals surface area contributed by atoms with E-state index < -0.39 is 6.04 Å². The van der Waals surface area contributed by atoms with Crippen molar-refractivity contribution in [2.45, 2.75) is 31.4 Å². The Balaban J connectivity index is 1.32. The number of rotatable bonds is 5. The van der Waals surface area contributed by atoms with Gasteiger partial charge in [-0.05, 0) is 36.2 Å². The van der Waals surface area contributed by atoms with E-state index in [2.05, 4.69) is 9.97 Å². The number of amides is 1. The summed E-state index contributed by atoms with van der Waals surface area (Å²) in [7, 11) is 0. The Bertz CT molecular complexity index is 982. The zero-order valence-corrected chi connectivity index (χ0v) is 16.8. The molecule has 2 N–H and O–H groups in total. The number of ether oxygens (including phenoxy) is 1. The molecule has 0 saturated carbocycles. The van der Waals surface area contributed by atoms with Crippen molar-refractivity contribution in [1.82, 2.24) is 14.9 Å². The number of para-hydroxylation sites is 1. The molecule has 1 aromatic heterocycles. The fraction of sp³-hybridized carbons (Fsp3) is 0.318. The van der Waals surface area contributed by atoms with Gasteiger partial charge in [0.2, 0.25) is 11.8 Å². The molecule has 3 aromatic rings. The number of carbonyl (C=O) groups excluding carboxylic acids is 1. The minimum Gasteiger partial charge on any atom is -0.474 e. The average molecular weight is 411 g/mol. The highest BCUT2D eigenvalue weighted by Gasteiger charge is 2.27. The van der Waals surface area contributed by atoms with Gasteiger partial charge in [-0.3, -0.25) is 4.79 Å². The molecule has 1 atom stereocenters. The van der Waals surface area contributed by atoms with Gasteiger partial charge in [-0.2, -0.15) is 0 Å². The maximum Gasteiger partial charge on any atom is 0.239 e. The lowest BCUT2D eigenvalue weighted by molar-refractivity contribution is -0.134. The molecule has 0 bridgehead atoms. The smallest absolute Gasteiger partial charge is 0.239 e. The van der Waals surface area contributed by atoms with Gasteiger partial charge < -0.3 is 15.4 Å². The molecule has 2 aromatic carbocycles. The van der Waals surface area contributed by atoms with Crippen molar-refractivity contribution >= 4 is 28.4 Å². The fourth-order valence-electron chi connectivity index (χ4n) is 3.62. The van der Waals surface area contributed by atoms with Crippen LogP contribution in [0, 0.1) is 0 Å². The molecular weight excluding hydrogens is 388 g/mol. The fourth-order valence-corrected chi connectivity index (χ4v) is 3.75. The zero-order chi connectivity index (χ0) is 20.2. The van der Waals surface area contributed by atoms with Gasteiger partial charge in [0.05, 0.1) is 16.9 Å². The monoisotopic (exact) mass is 410 g/mol.